The Hall–Kier alpha value is -1.95. The Balaban J connectivity index is 3.28. The number of hydrogen-bond acceptors (Lipinski definition) is 6. The van der Waals surface area contributed by atoms with E-state index >= 15 is 0 Å². The van der Waals surface area contributed by atoms with E-state index in [9.17, 15) is 9.90 Å². The average Bonchev–Trinajstić information content (AvgIpc) is 2.45. The second-order valence-corrected chi connectivity index (χ2v) is 3.60. The predicted octanol–water partition coefficient (Wildman–Crippen LogP) is 1.31. The molecule has 0 fully saturated rings. The molecule has 1 atom stereocenters. The van der Waals surface area contributed by atoms with Gasteiger partial charge < -0.3 is 24.1 Å². The lowest BCUT2D eigenvalue weighted by molar-refractivity contribution is -0.150. The van der Waals surface area contributed by atoms with Crippen LogP contribution in [-0.4, -0.2) is 39.0 Å². The summed E-state index contributed by atoms with van der Waals surface area (Å²) in [5, 5.41) is 9.91. The topological polar surface area (TPSA) is 74.2 Å². The summed E-state index contributed by atoms with van der Waals surface area (Å²) in [6, 6.07) is 3.05. The highest BCUT2D eigenvalue weighted by atomic mass is 16.5. The van der Waals surface area contributed by atoms with Gasteiger partial charge in [0, 0.05) is 11.6 Å². The highest BCUT2D eigenvalue weighted by Gasteiger charge is 2.24. The smallest absolute Gasteiger partial charge is 0.339 e. The molecule has 0 saturated carbocycles. The van der Waals surface area contributed by atoms with Crippen LogP contribution in [0.4, 0.5) is 0 Å². The molecule has 0 aliphatic rings. The van der Waals surface area contributed by atoms with E-state index in [2.05, 4.69) is 4.74 Å². The molecule has 1 rings (SSSR count). The lowest BCUT2D eigenvalue weighted by atomic mass is 10.1. The van der Waals surface area contributed by atoms with Crippen LogP contribution in [-0.2, 0) is 9.53 Å². The monoisotopic (exact) mass is 270 g/mol. The Morgan fingerprint density at radius 2 is 1.79 bits per heavy atom. The summed E-state index contributed by atoms with van der Waals surface area (Å²) >= 11 is 0. The summed E-state index contributed by atoms with van der Waals surface area (Å²) in [6.07, 6.45) is -1.44. The fourth-order valence-corrected chi connectivity index (χ4v) is 1.61. The summed E-state index contributed by atoms with van der Waals surface area (Å²) in [4.78, 5) is 11.4. The van der Waals surface area contributed by atoms with Crippen molar-refractivity contribution in [1.29, 1.82) is 0 Å². The van der Waals surface area contributed by atoms with Crippen LogP contribution in [0.1, 0.15) is 18.6 Å². The first-order valence-electron chi connectivity index (χ1n) is 5.73. The first-order valence-corrected chi connectivity index (χ1v) is 5.73. The summed E-state index contributed by atoms with van der Waals surface area (Å²) < 4.78 is 20.2. The van der Waals surface area contributed by atoms with Crippen molar-refractivity contribution >= 4 is 5.97 Å². The van der Waals surface area contributed by atoms with Gasteiger partial charge in [0.1, 0.15) is 5.75 Å². The number of hydrogen-bond donors (Lipinski definition) is 1. The summed E-state index contributed by atoms with van der Waals surface area (Å²) in [7, 11) is 4.13. The zero-order valence-corrected chi connectivity index (χ0v) is 11.4. The van der Waals surface area contributed by atoms with Gasteiger partial charge in [-0.05, 0) is 13.0 Å². The van der Waals surface area contributed by atoms with Crippen LogP contribution in [0.5, 0.6) is 17.2 Å². The molecule has 0 aromatic heterocycles. The molecule has 0 radical (unpaired) electrons. The Morgan fingerprint density at radius 3 is 2.26 bits per heavy atom. The minimum Gasteiger partial charge on any atom is -0.496 e. The fraction of sp³-hybridized carbons (Fsp3) is 0.462. The average molecular weight is 270 g/mol. The number of rotatable bonds is 6. The number of esters is 1. The van der Waals surface area contributed by atoms with Crippen molar-refractivity contribution < 1.29 is 28.8 Å². The molecule has 0 aliphatic heterocycles. The van der Waals surface area contributed by atoms with E-state index < -0.39 is 12.1 Å². The van der Waals surface area contributed by atoms with Crippen molar-refractivity contribution in [3.8, 4) is 17.2 Å². The Morgan fingerprint density at radius 1 is 1.16 bits per heavy atom. The van der Waals surface area contributed by atoms with E-state index in [0.717, 1.165) is 0 Å². The molecule has 0 aliphatic carbocycles. The third-order valence-electron chi connectivity index (χ3n) is 2.53. The van der Waals surface area contributed by atoms with Gasteiger partial charge in [0.2, 0.25) is 0 Å². The Kier molecular flexibility index (Phi) is 5.44. The molecule has 0 bridgehead atoms. The van der Waals surface area contributed by atoms with E-state index in [0.29, 0.717) is 23.9 Å². The van der Waals surface area contributed by atoms with E-state index in [-0.39, 0.29) is 5.56 Å². The quantitative estimate of drug-likeness (QED) is 0.786. The highest BCUT2D eigenvalue weighted by Crippen LogP contribution is 2.37. The second-order valence-electron chi connectivity index (χ2n) is 3.60. The molecule has 106 valence electrons. The highest BCUT2D eigenvalue weighted by molar-refractivity contribution is 5.77. The molecule has 1 N–H and O–H groups in total. The van der Waals surface area contributed by atoms with Crippen molar-refractivity contribution in [1.82, 2.24) is 0 Å². The molecular formula is C13H18O6. The third kappa shape index (κ3) is 3.29. The van der Waals surface area contributed by atoms with Gasteiger partial charge in [0.25, 0.3) is 0 Å². The number of benzene rings is 1. The van der Waals surface area contributed by atoms with Crippen LogP contribution < -0.4 is 14.2 Å². The van der Waals surface area contributed by atoms with Gasteiger partial charge in [-0.25, -0.2) is 4.79 Å². The van der Waals surface area contributed by atoms with Crippen molar-refractivity contribution in [2.75, 3.05) is 27.9 Å². The summed E-state index contributed by atoms with van der Waals surface area (Å²) in [6.45, 7) is 2.25. The molecule has 1 aromatic carbocycles. The van der Waals surface area contributed by atoms with Crippen molar-refractivity contribution in [3.05, 3.63) is 17.7 Å². The molecule has 0 heterocycles. The summed E-state index contributed by atoms with van der Waals surface area (Å²) in [5.74, 6) is 0.424. The van der Waals surface area contributed by atoms with Gasteiger partial charge >= 0.3 is 5.97 Å². The van der Waals surface area contributed by atoms with Crippen LogP contribution in [0.25, 0.3) is 0 Å². The van der Waals surface area contributed by atoms with Gasteiger partial charge in [-0.15, -0.1) is 0 Å². The number of carbonyl (C=O) groups is 1. The summed E-state index contributed by atoms with van der Waals surface area (Å²) in [5.41, 5.74) is 0.263. The van der Waals surface area contributed by atoms with Crippen molar-refractivity contribution in [3.63, 3.8) is 0 Å². The molecule has 1 aromatic rings. The molecule has 1 unspecified atom stereocenters. The van der Waals surface area contributed by atoms with Gasteiger partial charge in [0.15, 0.2) is 17.6 Å². The Labute approximate surface area is 111 Å². The molecule has 0 saturated heterocycles. The SMILES string of the molecule is CCOc1cc(C(O)C(=O)OC)c(OC)cc1OC. The second kappa shape index (κ2) is 6.84. The van der Waals surface area contributed by atoms with Crippen LogP contribution in [0.3, 0.4) is 0 Å². The van der Waals surface area contributed by atoms with Gasteiger partial charge in [-0.3, -0.25) is 0 Å². The number of carbonyl (C=O) groups excluding carboxylic acids is 1. The van der Waals surface area contributed by atoms with Crippen LogP contribution in [0.15, 0.2) is 12.1 Å². The first kappa shape index (κ1) is 15.1. The predicted molar refractivity (Wildman–Crippen MR) is 67.7 cm³/mol. The minimum absolute atomic E-state index is 0.263. The van der Waals surface area contributed by atoms with Crippen molar-refractivity contribution in [2.45, 2.75) is 13.0 Å². The molecule has 6 nitrogen and oxygen atoms in total. The number of aliphatic hydroxyl groups excluding tert-OH is 1. The van der Waals surface area contributed by atoms with Crippen LogP contribution in [0.2, 0.25) is 0 Å². The molecule has 0 amide bonds. The lowest BCUT2D eigenvalue weighted by Crippen LogP contribution is -2.14. The number of methoxy groups -OCH3 is 3. The fourth-order valence-electron chi connectivity index (χ4n) is 1.61. The zero-order chi connectivity index (χ0) is 14.4. The maximum absolute atomic E-state index is 11.4. The molecule has 0 spiro atoms. The maximum atomic E-state index is 11.4. The number of aliphatic hydroxyl groups is 1. The van der Waals surface area contributed by atoms with Crippen LogP contribution in [0, 0.1) is 0 Å². The Bertz CT molecular complexity index is 443. The van der Waals surface area contributed by atoms with E-state index in [4.69, 9.17) is 14.2 Å². The van der Waals surface area contributed by atoms with Gasteiger partial charge in [-0.2, -0.15) is 0 Å². The lowest BCUT2D eigenvalue weighted by Gasteiger charge is -2.17. The van der Waals surface area contributed by atoms with Crippen molar-refractivity contribution in [2.24, 2.45) is 0 Å². The van der Waals surface area contributed by atoms with Crippen LogP contribution >= 0.6 is 0 Å². The molecular weight excluding hydrogens is 252 g/mol. The van der Waals surface area contributed by atoms with Gasteiger partial charge in [-0.1, -0.05) is 0 Å². The maximum Gasteiger partial charge on any atom is 0.339 e. The standard InChI is InChI=1S/C13H18O6/c1-5-19-11-6-8(12(14)13(15)18-4)9(16-2)7-10(11)17-3/h6-7,12,14H,5H2,1-4H3. The normalized spacial score (nSPS) is 11.6. The minimum atomic E-state index is -1.44. The third-order valence-corrected chi connectivity index (χ3v) is 2.53. The molecule has 6 heteroatoms. The first-order chi connectivity index (χ1) is 9.08. The largest absolute Gasteiger partial charge is 0.496 e. The molecule has 19 heavy (non-hydrogen) atoms. The number of ether oxygens (including phenoxy) is 4. The van der Waals surface area contributed by atoms with E-state index in [1.54, 1.807) is 6.07 Å². The van der Waals surface area contributed by atoms with E-state index in [1.165, 1.54) is 27.4 Å². The van der Waals surface area contributed by atoms with E-state index in [1.807, 2.05) is 6.92 Å². The van der Waals surface area contributed by atoms with Gasteiger partial charge in [0.05, 0.1) is 27.9 Å². The zero-order valence-electron chi connectivity index (χ0n) is 11.4.